The highest BCUT2D eigenvalue weighted by Gasteiger charge is 2.11. The second-order valence-corrected chi connectivity index (χ2v) is 5.41. The van der Waals surface area contributed by atoms with E-state index < -0.39 is 0 Å². The van der Waals surface area contributed by atoms with Crippen LogP contribution in [0.5, 0.6) is 0 Å². The molecule has 0 aliphatic heterocycles. The SMILES string of the molecule is C[C@@H](NCc1cn(C)c2ccccc12)c1ccccc1F. The van der Waals surface area contributed by atoms with Gasteiger partial charge in [-0.05, 0) is 24.6 Å². The summed E-state index contributed by atoms with van der Waals surface area (Å²) in [6.45, 7) is 2.71. The first-order chi connectivity index (χ1) is 10.2. The number of fused-ring (bicyclic) bond motifs is 1. The molecule has 2 nitrogen and oxygen atoms in total. The fraction of sp³-hybridized carbons (Fsp3) is 0.222. The number of hydrogen-bond donors (Lipinski definition) is 1. The van der Waals surface area contributed by atoms with Gasteiger partial charge in [0.05, 0.1) is 0 Å². The van der Waals surface area contributed by atoms with Crippen molar-refractivity contribution in [2.24, 2.45) is 7.05 Å². The van der Waals surface area contributed by atoms with Crippen LogP contribution in [0.4, 0.5) is 4.39 Å². The van der Waals surface area contributed by atoms with E-state index in [2.05, 4.69) is 28.2 Å². The third-order valence-corrected chi connectivity index (χ3v) is 3.95. The summed E-state index contributed by atoms with van der Waals surface area (Å²) in [5.41, 5.74) is 3.15. The molecule has 2 aromatic carbocycles. The first kappa shape index (κ1) is 13.8. The van der Waals surface area contributed by atoms with Crippen LogP contribution in [0, 0.1) is 5.82 Å². The number of aromatic nitrogens is 1. The lowest BCUT2D eigenvalue weighted by Gasteiger charge is -2.14. The average Bonchev–Trinajstić information content (AvgIpc) is 2.82. The first-order valence-corrected chi connectivity index (χ1v) is 7.17. The zero-order valence-corrected chi connectivity index (χ0v) is 12.3. The van der Waals surface area contributed by atoms with E-state index in [0.29, 0.717) is 5.56 Å². The van der Waals surface area contributed by atoms with Crippen molar-refractivity contribution in [1.29, 1.82) is 0 Å². The molecular formula is C18H19FN2. The van der Waals surface area contributed by atoms with Crippen molar-refractivity contribution in [2.45, 2.75) is 19.5 Å². The third-order valence-electron chi connectivity index (χ3n) is 3.95. The summed E-state index contributed by atoms with van der Waals surface area (Å²) in [6.07, 6.45) is 2.13. The van der Waals surface area contributed by atoms with Gasteiger partial charge in [0, 0.05) is 42.3 Å². The minimum Gasteiger partial charge on any atom is -0.350 e. The Labute approximate surface area is 124 Å². The maximum Gasteiger partial charge on any atom is 0.127 e. The van der Waals surface area contributed by atoms with Gasteiger partial charge in [-0.25, -0.2) is 4.39 Å². The maximum absolute atomic E-state index is 13.8. The van der Waals surface area contributed by atoms with Gasteiger partial charge < -0.3 is 9.88 Å². The number of benzene rings is 2. The minimum absolute atomic E-state index is 0.0230. The predicted octanol–water partition coefficient (Wildman–Crippen LogP) is 4.17. The zero-order chi connectivity index (χ0) is 14.8. The summed E-state index contributed by atoms with van der Waals surface area (Å²) in [6, 6.07) is 15.2. The fourth-order valence-corrected chi connectivity index (χ4v) is 2.77. The molecule has 0 fully saturated rings. The molecule has 0 bridgehead atoms. The number of para-hydroxylation sites is 1. The number of aryl methyl sites for hydroxylation is 1. The monoisotopic (exact) mass is 282 g/mol. The highest BCUT2D eigenvalue weighted by atomic mass is 19.1. The Balaban J connectivity index is 1.79. The zero-order valence-electron chi connectivity index (χ0n) is 12.3. The Morgan fingerprint density at radius 2 is 1.81 bits per heavy atom. The lowest BCUT2D eigenvalue weighted by molar-refractivity contribution is 0.529. The molecular weight excluding hydrogens is 263 g/mol. The summed E-state index contributed by atoms with van der Waals surface area (Å²) in [4.78, 5) is 0. The lowest BCUT2D eigenvalue weighted by Crippen LogP contribution is -2.19. The predicted molar refractivity (Wildman–Crippen MR) is 84.6 cm³/mol. The molecule has 1 atom stereocenters. The van der Waals surface area contributed by atoms with Crippen LogP contribution in [0.1, 0.15) is 24.1 Å². The molecule has 1 N–H and O–H groups in total. The van der Waals surface area contributed by atoms with E-state index in [1.807, 2.05) is 38.2 Å². The van der Waals surface area contributed by atoms with Crippen LogP contribution in [0.25, 0.3) is 10.9 Å². The van der Waals surface area contributed by atoms with E-state index in [4.69, 9.17) is 0 Å². The van der Waals surface area contributed by atoms with E-state index in [0.717, 1.165) is 6.54 Å². The molecule has 1 heterocycles. The molecule has 3 aromatic rings. The molecule has 21 heavy (non-hydrogen) atoms. The van der Waals surface area contributed by atoms with Gasteiger partial charge in [0.2, 0.25) is 0 Å². The highest BCUT2D eigenvalue weighted by Crippen LogP contribution is 2.22. The van der Waals surface area contributed by atoms with Crippen LogP contribution in [-0.4, -0.2) is 4.57 Å². The van der Waals surface area contributed by atoms with E-state index >= 15 is 0 Å². The highest BCUT2D eigenvalue weighted by molar-refractivity contribution is 5.83. The fourth-order valence-electron chi connectivity index (χ4n) is 2.77. The Morgan fingerprint density at radius 3 is 2.62 bits per heavy atom. The van der Waals surface area contributed by atoms with Crippen LogP contribution in [0.3, 0.4) is 0 Å². The smallest absolute Gasteiger partial charge is 0.127 e. The quantitative estimate of drug-likeness (QED) is 0.760. The molecule has 3 heteroatoms. The van der Waals surface area contributed by atoms with Crippen molar-refractivity contribution >= 4 is 10.9 Å². The van der Waals surface area contributed by atoms with Gasteiger partial charge in [-0.2, -0.15) is 0 Å². The Hall–Kier alpha value is -2.13. The first-order valence-electron chi connectivity index (χ1n) is 7.17. The standard InChI is InChI=1S/C18H19FN2/c1-13(15-7-3-5-9-17(15)19)20-11-14-12-21(2)18-10-6-4-8-16(14)18/h3-10,12-13,20H,11H2,1-2H3/t13-/m1/s1. The summed E-state index contributed by atoms with van der Waals surface area (Å²) in [5.74, 6) is -0.157. The summed E-state index contributed by atoms with van der Waals surface area (Å²) >= 11 is 0. The van der Waals surface area contributed by atoms with Gasteiger partial charge in [0.1, 0.15) is 5.82 Å². The average molecular weight is 282 g/mol. The molecule has 0 saturated carbocycles. The van der Waals surface area contributed by atoms with Crippen LogP contribution in [-0.2, 0) is 13.6 Å². The molecule has 0 saturated heterocycles. The Bertz CT molecular complexity index is 761. The molecule has 3 rings (SSSR count). The molecule has 1 aromatic heterocycles. The van der Waals surface area contributed by atoms with Crippen LogP contribution in [0.2, 0.25) is 0 Å². The lowest BCUT2D eigenvalue weighted by atomic mass is 10.1. The van der Waals surface area contributed by atoms with Gasteiger partial charge in [-0.3, -0.25) is 0 Å². The third kappa shape index (κ3) is 2.69. The van der Waals surface area contributed by atoms with Gasteiger partial charge >= 0.3 is 0 Å². The summed E-state index contributed by atoms with van der Waals surface area (Å²) in [5, 5.41) is 4.65. The van der Waals surface area contributed by atoms with Gasteiger partial charge in [-0.15, -0.1) is 0 Å². The second kappa shape index (κ2) is 5.70. The molecule has 0 unspecified atom stereocenters. The van der Waals surface area contributed by atoms with E-state index in [1.165, 1.54) is 22.5 Å². The Kier molecular flexibility index (Phi) is 3.76. The van der Waals surface area contributed by atoms with Crippen molar-refractivity contribution < 1.29 is 4.39 Å². The van der Waals surface area contributed by atoms with E-state index in [-0.39, 0.29) is 11.9 Å². The van der Waals surface area contributed by atoms with Gasteiger partial charge in [0.15, 0.2) is 0 Å². The normalized spacial score (nSPS) is 12.7. The van der Waals surface area contributed by atoms with Crippen LogP contribution >= 0.6 is 0 Å². The molecule has 0 amide bonds. The number of nitrogens with one attached hydrogen (secondary N) is 1. The van der Waals surface area contributed by atoms with Crippen LogP contribution < -0.4 is 5.32 Å². The van der Waals surface area contributed by atoms with Crippen molar-refractivity contribution in [1.82, 2.24) is 9.88 Å². The van der Waals surface area contributed by atoms with Crippen molar-refractivity contribution in [3.05, 3.63) is 71.7 Å². The van der Waals surface area contributed by atoms with Crippen molar-refractivity contribution in [3.63, 3.8) is 0 Å². The molecule has 0 aliphatic rings. The summed E-state index contributed by atoms with van der Waals surface area (Å²) in [7, 11) is 2.05. The molecule has 108 valence electrons. The van der Waals surface area contributed by atoms with E-state index in [1.54, 1.807) is 6.07 Å². The second-order valence-electron chi connectivity index (χ2n) is 5.41. The molecule has 0 spiro atoms. The van der Waals surface area contributed by atoms with Gasteiger partial charge in [0.25, 0.3) is 0 Å². The van der Waals surface area contributed by atoms with Crippen molar-refractivity contribution in [3.8, 4) is 0 Å². The maximum atomic E-state index is 13.8. The summed E-state index contributed by atoms with van der Waals surface area (Å²) < 4.78 is 15.9. The van der Waals surface area contributed by atoms with Gasteiger partial charge in [-0.1, -0.05) is 36.4 Å². The number of rotatable bonds is 4. The van der Waals surface area contributed by atoms with Crippen LogP contribution in [0.15, 0.2) is 54.7 Å². The number of nitrogens with zero attached hydrogens (tertiary/aromatic N) is 1. The minimum atomic E-state index is -0.157. The Morgan fingerprint density at radius 1 is 1.10 bits per heavy atom. The van der Waals surface area contributed by atoms with E-state index in [9.17, 15) is 4.39 Å². The number of hydrogen-bond acceptors (Lipinski definition) is 1. The van der Waals surface area contributed by atoms with Crippen molar-refractivity contribution in [2.75, 3.05) is 0 Å². The molecule has 0 aliphatic carbocycles. The topological polar surface area (TPSA) is 17.0 Å². The number of halogens is 1. The molecule has 0 radical (unpaired) electrons. The largest absolute Gasteiger partial charge is 0.350 e.